The number of rotatable bonds is 8. The van der Waals surface area contributed by atoms with Gasteiger partial charge in [0.1, 0.15) is 17.2 Å². The summed E-state index contributed by atoms with van der Waals surface area (Å²) in [6.07, 6.45) is -0.545. The summed E-state index contributed by atoms with van der Waals surface area (Å²) in [5.74, 6) is -0.722. The molecule has 0 aliphatic carbocycles. The van der Waals surface area contributed by atoms with E-state index in [0.29, 0.717) is 0 Å². The van der Waals surface area contributed by atoms with Crippen LogP contribution in [-0.2, 0) is 14.2 Å². The van der Waals surface area contributed by atoms with Gasteiger partial charge in [-0.1, -0.05) is 11.6 Å². The lowest BCUT2D eigenvalue weighted by Crippen LogP contribution is -2.34. The number of halogens is 1. The number of nitrogens with zero attached hydrogens (tertiary/aromatic N) is 1. The Balaban J connectivity index is 2.24. The molecule has 0 aromatic heterocycles. The zero-order chi connectivity index (χ0) is 19.7. The van der Waals surface area contributed by atoms with Crippen LogP contribution in [0, 0.1) is 10.1 Å². The second-order valence-corrected chi connectivity index (χ2v) is 6.51. The monoisotopic (exact) mass is 388 g/mol. The maximum absolute atomic E-state index is 11.8. The minimum Gasteiger partial charge on any atom is -0.460 e. The third-order valence-corrected chi connectivity index (χ3v) is 3.07. The van der Waals surface area contributed by atoms with Crippen molar-refractivity contribution in [1.82, 2.24) is 5.32 Å². The number of hydrogen-bond donors (Lipinski definition) is 1. The van der Waals surface area contributed by atoms with Crippen LogP contribution in [0.4, 0.5) is 10.5 Å². The molecule has 1 aromatic carbocycles. The Kier molecular flexibility index (Phi) is 8.27. The van der Waals surface area contributed by atoms with Crippen molar-refractivity contribution in [3.63, 3.8) is 0 Å². The van der Waals surface area contributed by atoms with Crippen molar-refractivity contribution in [1.29, 1.82) is 0 Å². The molecule has 0 radical (unpaired) electrons. The Morgan fingerprint density at radius 3 is 2.54 bits per heavy atom. The third kappa shape index (κ3) is 8.13. The van der Waals surface area contributed by atoms with Crippen LogP contribution in [0.15, 0.2) is 18.2 Å². The van der Waals surface area contributed by atoms with Gasteiger partial charge < -0.3 is 19.5 Å². The number of hydrogen-bond acceptors (Lipinski definition) is 7. The third-order valence-electron chi connectivity index (χ3n) is 2.75. The van der Waals surface area contributed by atoms with Crippen LogP contribution in [-0.4, -0.2) is 49.0 Å². The van der Waals surface area contributed by atoms with Crippen molar-refractivity contribution in [2.75, 3.05) is 26.4 Å². The molecule has 0 saturated carbocycles. The lowest BCUT2D eigenvalue weighted by atomic mass is 10.2. The van der Waals surface area contributed by atoms with Crippen molar-refractivity contribution in [3.8, 4) is 0 Å². The second-order valence-electron chi connectivity index (χ2n) is 6.10. The normalized spacial score (nSPS) is 10.9. The number of carbonyl (C=O) groups is 2. The van der Waals surface area contributed by atoms with Crippen LogP contribution in [0.3, 0.4) is 0 Å². The predicted octanol–water partition coefficient (Wildman–Crippen LogP) is 2.95. The van der Waals surface area contributed by atoms with Crippen molar-refractivity contribution >= 4 is 29.4 Å². The molecule has 144 valence electrons. The standard InChI is InChI=1S/C16H21ClN2O7/c1-16(2,3)26-15(21)18-6-7-24-8-9-25-14(20)11-4-5-12(17)13(10-11)19(22)23/h4-5,10H,6-9H2,1-3H3,(H,18,21). The lowest BCUT2D eigenvalue weighted by Gasteiger charge is -2.19. The fraction of sp³-hybridized carbons (Fsp3) is 0.500. The highest BCUT2D eigenvalue weighted by atomic mass is 35.5. The maximum Gasteiger partial charge on any atom is 0.407 e. The van der Waals surface area contributed by atoms with Gasteiger partial charge in [-0.05, 0) is 32.9 Å². The van der Waals surface area contributed by atoms with E-state index in [4.69, 9.17) is 25.8 Å². The minimum absolute atomic E-state index is 0.0210. The SMILES string of the molecule is CC(C)(C)OC(=O)NCCOCCOC(=O)c1ccc(Cl)c([N+](=O)[O-])c1. The van der Waals surface area contributed by atoms with E-state index in [0.717, 1.165) is 6.07 Å². The minimum atomic E-state index is -0.722. The Morgan fingerprint density at radius 2 is 1.92 bits per heavy atom. The molecule has 0 unspecified atom stereocenters. The van der Waals surface area contributed by atoms with Crippen molar-refractivity contribution in [2.45, 2.75) is 26.4 Å². The number of esters is 1. The van der Waals surface area contributed by atoms with E-state index < -0.39 is 22.6 Å². The summed E-state index contributed by atoms with van der Waals surface area (Å²) in [6, 6.07) is 3.65. The first-order chi connectivity index (χ1) is 12.1. The molecule has 0 atom stereocenters. The maximum atomic E-state index is 11.8. The first-order valence-electron chi connectivity index (χ1n) is 7.76. The molecule has 0 bridgehead atoms. The van der Waals surface area contributed by atoms with Gasteiger partial charge in [-0.25, -0.2) is 9.59 Å². The van der Waals surface area contributed by atoms with Gasteiger partial charge in [0.25, 0.3) is 5.69 Å². The van der Waals surface area contributed by atoms with Crippen LogP contribution in [0.25, 0.3) is 0 Å². The lowest BCUT2D eigenvalue weighted by molar-refractivity contribution is -0.384. The number of nitrogens with one attached hydrogen (secondary N) is 1. The van der Waals surface area contributed by atoms with Gasteiger partial charge in [0, 0.05) is 12.6 Å². The van der Waals surface area contributed by atoms with E-state index in [9.17, 15) is 19.7 Å². The van der Waals surface area contributed by atoms with E-state index >= 15 is 0 Å². The topological polar surface area (TPSA) is 117 Å². The highest BCUT2D eigenvalue weighted by Crippen LogP contribution is 2.25. The molecule has 10 heteroatoms. The Hall–Kier alpha value is -2.39. The number of ether oxygens (including phenoxy) is 3. The summed E-state index contributed by atoms with van der Waals surface area (Å²) in [6.45, 7) is 5.79. The molecule has 0 spiro atoms. The average Bonchev–Trinajstić information content (AvgIpc) is 2.52. The molecule has 0 aliphatic rings. The first kappa shape index (κ1) is 21.7. The summed E-state index contributed by atoms with van der Waals surface area (Å²) in [5, 5.41) is 13.2. The summed E-state index contributed by atoms with van der Waals surface area (Å²) >= 11 is 5.68. The number of nitro benzene ring substituents is 1. The van der Waals surface area contributed by atoms with Crippen LogP contribution in [0.2, 0.25) is 5.02 Å². The highest BCUT2D eigenvalue weighted by molar-refractivity contribution is 6.32. The first-order valence-corrected chi connectivity index (χ1v) is 8.13. The number of benzene rings is 1. The molecule has 1 aromatic rings. The molecule has 1 rings (SSSR count). The summed E-state index contributed by atoms with van der Waals surface area (Å²) in [4.78, 5) is 33.3. The Morgan fingerprint density at radius 1 is 1.23 bits per heavy atom. The number of nitro groups is 1. The number of amides is 1. The second kappa shape index (κ2) is 9.93. The highest BCUT2D eigenvalue weighted by Gasteiger charge is 2.17. The van der Waals surface area contributed by atoms with E-state index in [-0.39, 0.29) is 42.6 Å². The number of alkyl carbamates (subject to hydrolysis) is 1. The molecular weight excluding hydrogens is 368 g/mol. The summed E-state index contributed by atoms with van der Waals surface area (Å²) in [7, 11) is 0. The molecular formula is C16H21ClN2O7. The quantitative estimate of drug-likeness (QED) is 0.315. The van der Waals surface area contributed by atoms with E-state index in [1.165, 1.54) is 12.1 Å². The summed E-state index contributed by atoms with van der Waals surface area (Å²) in [5.41, 5.74) is -0.922. The average molecular weight is 389 g/mol. The van der Waals surface area contributed by atoms with Crippen LogP contribution < -0.4 is 5.32 Å². The van der Waals surface area contributed by atoms with Gasteiger partial charge in [-0.2, -0.15) is 0 Å². The zero-order valence-electron chi connectivity index (χ0n) is 14.7. The van der Waals surface area contributed by atoms with Crippen molar-refractivity contribution in [2.24, 2.45) is 0 Å². The molecule has 0 fully saturated rings. The smallest absolute Gasteiger partial charge is 0.407 e. The number of carbonyl (C=O) groups excluding carboxylic acids is 2. The van der Waals surface area contributed by atoms with Gasteiger partial charge in [0.2, 0.25) is 0 Å². The van der Waals surface area contributed by atoms with Gasteiger partial charge >= 0.3 is 12.1 Å². The fourth-order valence-electron chi connectivity index (χ4n) is 1.70. The van der Waals surface area contributed by atoms with Gasteiger partial charge in [0.15, 0.2) is 0 Å². The van der Waals surface area contributed by atoms with Crippen LogP contribution in [0.1, 0.15) is 31.1 Å². The Labute approximate surface area is 155 Å². The van der Waals surface area contributed by atoms with Gasteiger partial charge in [-0.3, -0.25) is 10.1 Å². The Bertz CT molecular complexity index is 658. The van der Waals surface area contributed by atoms with Crippen molar-refractivity contribution < 1.29 is 28.7 Å². The van der Waals surface area contributed by atoms with Crippen LogP contribution >= 0.6 is 11.6 Å². The fourth-order valence-corrected chi connectivity index (χ4v) is 1.88. The molecule has 1 N–H and O–H groups in total. The summed E-state index contributed by atoms with van der Waals surface area (Å²) < 4.78 is 15.2. The molecule has 26 heavy (non-hydrogen) atoms. The predicted molar refractivity (Wildman–Crippen MR) is 93.4 cm³/mol. The molecule has 1 amide bonds. The van der Waals surface area contributed by atoms with E-state index in [1.807, 2.05) is 0 Å². The molecule has 0 heterocycles. The van der Waals surface area contributed by atoms with E-state index in [1.54, 1.807) is 20.8 Å². The molecule has 0 saturated heterocycles. The molecule has 0 aliphatic heterocycles. The molecule has 9 nitrogen and oxygen atoms in total. The van der Waals surface area contributed by atoms with Gasteiger partial charge in [0.05, 0.1) is 23.7 Å². The van der Waals surface area contributed by atoms with Crippen molar-refractivity contribution in [3.05, 3.63) is 38.9 Å². The zero-order valence-corrected chi connectivity index (χ0v) is 15.5. The van der Waals surface area contributed by atoms with Crippen LogP contribution in [0.5, 0.6) is 0 Å². The van der Waals surface area contributed by atoms with Gasteiger partial charge in [-0.15, -0.1) is 0 Å². The largest absolute Gasteiger partial charge is 0.460 e. The van der Waals surface area contributed by atoms with E-state index in [2.05, 4.69) is 5.32 Å².